The van der Waals surface area contributed by atoms with E-state index in [1.54, 1.807) is 25.3 Å². The molecule has 1 heterocycles. The van der Waals surface area contributed by atoms with Gasteiger partial charge in [-0.3, -0.25) is 4.79 Å². The second kappa shape index (κ2) is 7.53. The average Bonchev–Trinajstić information content (AvgIpc) is 2.98. The summed E-state index contributed by atoms with van der Waals surface area (Å²) >= 11 is 1.51. The number of hydrogen-bond acceptors (Lipinski definition) is 4. The molecular weight excluding hydrogens is 336 g/mol. The number of aryl methyl sites for hydroxylation is 1. The standard InChI is InChI=1S/C19H20N2O3S/c1-4-12-21-14-9-5-6-11-16(14)25-19(21)20-18(22)13-8-7-10-15(23-2)17(13)24-3/h5-11H,4,12H2,1-3H3. The number of hydrogen-bond donors (Lipinski definition) is 0. The fourth-order valence-corrected chi connectivity index (χ4v) is 3.80. The number of para-hydroxylation sites is 2. The van der Waals surface area contributed by atoms with Gasteiger partial charge in [-0.25, -0.2) is 0 Å². The first-order valence-electron chi connectivity index (χ1n) is 8.08. The minimum Gasteiger partial charge on any atom is -0.493 e. The summed E-state index contributed by atoms with van der Waals surface area (Å²) in [6, 6.07) is 13.3. The Morgan fingerprint density at radius 1 is 1.12 bits per heavy atom. The van der Waals surface area contributed by atoms with Crippen LogP contribution in [0.2, 0.25) is 0 Å². The molecule has 0 aliphatic heterocycles. The minimum absolute atomic E-state index is 0.341. The van der Waals surface area contributed by atoms with Crippen LogP contribution < -0.4 is 14.3 Å². The van der Waals surface area contributed by atoms with Crippen molar-refractivity contribution >= 4 is 27.5 Å². The number of thiazole rings is 1. The molecule has 6 heteroatoms. The zero-order valence-electron chi connectivity index (χ0n) is 14.5. The van der Waals surface area contributed by atoms with Crippen LogP contribution in [0.25, 0.3) is 10.2 Å². The maximum Gasteiger partial charge on any atom is 0.283 e. The number of methoxy groups -OCH3 is 2. The number of carbonyl (C=O) groups is 1. The van der Waals surface area contributed by atoms with E-state index in [0.717, 1.165) is 23.2 Å². The normalized spacial score (nSPS) is 11.7. The molecule has 0 atom stereocenters. The minimum atomic E-state index is -0.341. The lowest BCUT2D eigenvalue weighted by atomic mass is 10.2. The van der Waals surface area contributed by atoms with E-state index in [-0.39, 0.29) is 5.91 Å². The number of carbonyl (C=O) groups excluding carboxylic acids is 1. The van der Waals surface area contributed by atoms with Crippen molar-refractivity contribution in [3.63, 3.8) is 0 Å². The van der Waals surface area contributed by atoms with Crippen LogP contribution in [0.1, 0.15) is 23.7 Å². The Kier molecular flexibility index (Phi) is 5.19. The van der Waals surface area contributed by atoms with E-state index in [0.29, 0.717) is 21.9 Å². The maximum absolute atomic E-state index is 12.8. The Hall–Kier alpha value is -2.60. The van der Waals surface area contributed by atoms with Crippen LogP contribution >= 0.6 is 11.3 Å². The fraction of sp³-hybridized carbons (Fsp3) is 0.263. The Morgan fingerprint density at radius 2 is 1.92 bits per heavy atom. The van der Waals surface area contributed by atoms with Crippen molar-refractivity contribution in [2.45, 2.75) is 19.9 Å². The second-order valence-corrected chi connectivity index (χ2v) is 6.47. The lowest BCUT2D eigenvalue weighted by Gasteiger charge is -2.10. The van der Waals surface area contributed by atoms with Crippen molar-refractivity contribution in [3.8, 4) is 11.5 Å². The molecule has 0 bridgehead atoms. The highest BCUT2D eigenvalue weighted by atomic mass is 32.1. The first kappa shape index (κ1) is 17.2. The highest BCUT2D eigenvalue weighted by molar-refractivity contribution is 7.16. The van der Waals surface area contributed by atoms with Gasteiger partial charge in [0, 0.05) is 6.54 Å². The molecule has 0 radical (unpaired) electrons. The third-order valence-electron chi connectivity index (χ3n) is 3.87. The molecule has 0 fully saturated rings. The maximum atomic E-state index is 12.8. The number of amides is 1. The Bertz CT molecular complexity index is 972. The summed E-state index contributed by atoms with van der Waals surface area (Å²) in [5.41, 5.74) is 1.49. The van der Waals surface area contributed by atoms with Gasteiger partial charge in [0.05, 0.1) is 30.0 Å². The van der Waals surface area contributed by atoms with E-state index in [4.69, 9.17) is 9.47 Å². The van der Waals surface area contributed by atoms with E-state index in [9.17, 15) is 4.79 Å². The van der Waals surface area contributed by atoms with Crippen molar-refractivity contribution in [2.24, 2.45) is 4.99 Å². The summed E-state index contributed by atoms with van der Waals surface area (Å²) in [4.78, 5) is 17.9. The number of rotatable bonds is 5. The molecule has 1 aromatic heterocycles. The van der Waals surface area contributed by atoms with Crippen molar-refractivity contribution in [3.05, 3.63) is 52.8 Å². The third-order valence-corrected chi connectivity index (χ3v) is 4.93. The van der Waals surface area contributed by atoms with Crippen molar-refractivity contribution < 1.29 is 14.3 Å². The topological polar surface area (TPSA) is 52.8 Å². The molecule has 2 aromatic carbocycles. The quantitative estimate of drug-likeness (QED) is 0.697. The van der Waals surface area contributed by atoms with Crippen LogP contribution in [0.5, 0.6) is 11.5 Å². The molecule has 0 spiro atoms. The van der Waals surface area contributed by atoms with Gasteiger partial charge < -0.3 is 14.0 Å². The monoisotopic (exact) mass is 356 g/mol. The predicted octanol–water partition coefficient (Wildman–Crippen LogP) is 3.87. The van der Waals surface area contributed by atoms with E-state index in [2.05, 4.69) is 22.5 Å². The Balaban J connectivity index is 2.14. The van der Waals surface area contributed by atoms with Gasteiger partial charge in [0.25, 0.3) is 5.91 Å². The zero-order valence-corrected chi connectivity index (χ0v) is 15.3. The summed E-state index contributed by atoms with van der Waals surface area (Å²) in [6.45, 7) is 2.92. The number of fused-ring (bicyclic) bond motifs is 1. The summed E-state index contributed by atoms with van der Waals surface area (Å²) in [5, 5.41) is 0. The smallest absolute Gasteiger partial charge is 0.283 e. The molecular formula is C19H20N2O3S. The molecule has 25 heavy (non-hydrogen) atoms. The van der Waals surface area contributed by atoms with Gasteiger partial charge in [0.15, 0.2) is 16.3 Å². The number of ether oxygens (including phenoxy) is 2. The SMILES string of the molecule is CCCn1c(=NC(=O)c2cccc(OC)c2OC)sc2ccccc21. The van der Waals surface area contributed by atoms with Gasteiger partial charge in [-0.2, -0.15) is 4.99 Å². The summed E-state index contributed by atoms with van der Waals surface area (Å²) in [5.74, 6) is 0.579. The van der Waals surface area contributed by atoms with Gasteiger partial charge in [0.1, 0.15) is 0 Å². The van der Waals surface area contributed by atoms with Crippen molar-refractivity contribution in [1.29, 1.82) is 0 Å². The van der Waals surface area contributed by atoms with Gasteiger partial charge >= 0.3 is 0 Å². The summed E-state index contributed by atoms with van der Waals surface area (Å²) in [6.07, 6.45) is 0.963. The van der Waals surface area contributed by atoms with Gasteiger partial charge in [-0.05, 0) is 30.7 Å². The van der Waals surface area contributed by atoms with Crippen molar-refractivity contribution in [1.82, 2.24) is 4.57 Å². The molecule has 0 aliphatic carbocycles. The fourth-order valence-electron chi connectivity index (χ4n) is 2.75. The molecule has 0 N–H and O–H groups in total. The van der Waals surface area contributed by atoms with E-state index < -0.39 is 0 Å². The number of nitrogens with zero attached hydrogens (tertiary/aromatic N) is 2. The van der Waals surface area contributed by atoms with E-state index in [1.807, 2.05) is 18.2 Å². The van der Waals surface area contributed by atoms with Crippen molar-refractivity contribution in [2.75, 3.05) is 14.2 Å². The van der Waals surface area contributed by atoms with Crippen LogP contribution in [0.4, 0.5) is 0 Å². The predicted molar refractivity (Wildman–Crippen MR) is 99.5 cm³/mol. The van der Waals surface area contributed by atoms with Crippen LogP contribution in [0.15, 0.2) is 47.5 Å². The van der Waals surface area contributed by atoms with E-state index >= 15 is 0 Å². The summed E-state index contributed by atoms with van der Waals surface area (Å²) in [7, 11) is 3.07. The lowest BCUT2D eigenvalue weighted by molar-refractivity contribution is 0.0994. The molecule has 3 aromatic rings. The first-order chi connectivity index (χ1) is 12.2. The number of benzene rings is 2. The molecule has 0 aliphatic rings. The van der Waals surface area contributed by atoms with Crippen LogP contribution in [-0.4, -0.2) is 24.7 Å². The third kappa shape index (κ3) is 3.30. The first-order valence-corrected chi connectivity index (χ1v) is 8.89. The van der Waals surface area contributed by atoms with Crippen LogP contribution in [0, 0.1) is 0 Å². The highest BCUT2D eigenvalue weighted by Crippen LogP contribution is 2.31. The van der Waals surface area contributed by atoms with Gasteiger partial charge in [-0.1, -0.05) is 36.5 Å². The van der Waals surface area contributed by atoms with Crippen LogP contribution in [-0.2, 0) is 6.54 Å². The zero-order chi connectivity index (χ0) is 17.8. The molecule has 1 amide bonds. The van der Waals surface area contributed by atoms with Gasteiger partial charge in [0.2, 0.25) is 0 Å². The van der Waals surface area contributed by atoms with Gasteiger partial charge in [-0.15, -0.1) is 0 Å². The average molecular weight is 356 g/mol. The molecule has 0 saturated carbocycles. The van der Waals surface area contributed by atoms with E-state index in [1.165, 1.54) is 18.4 Å². The molecule has 0 unspecified atom stereocenters. The van der Waals surface area contributed by atoms with Crippen LogP contribution in [0.3, 0.4) is 0 Å². The largest absolute Gasteiger partial charge is 0.493 e. The Labute approximate surface area is 150 Å². The molecule has 5 nitrogen and oxygen atoms in total. The molecule has 0 saturated heterocycles. The Morgan fingerprint density at radius 3 is 2.64 bits per heavy atom. The molecule has 3 rings (SSSR count). The summed E-state index contributed by atoms with van der Waals surface area (Å²) < 4.78 is 13.8. The lowest BCUT2D eigenvalue weighted by Crippen LogP contribution is -2.17. The highest BCUT2D eigenvalue weighted by Gasteiger charge is 2.16. The second-order valence-electron chi connectivity index (χ2n) is 5.46. The number of aromatic nitrogens is 1. The molecule has 130 valence electrons.